The quantitative estimate of drug-likeness (QED) is 0.420. The molecular weight excluding hydrogens is 464 g/mol. The molecule has 6 nitrogen and oxygen atoms in total. The zero-order valence-electron chi connectivity index (χ0n) is 21.7. The molecule has 0 spiro atoms. The highest BCUT2D eigenvalue weighted by Crippen LogP contribution is 2.46. The third-order valence-electron chi connectivity index (χ3n) is 7.88. The van der Waals surface area contributed by atoms with Crippen molar-refractivity contribution in [2.45, 2.75) is 50.1 Å². The minimum Gasteiger partial charge on any atom is -0.497 e. The van der Waals surface area contributed by atoms with Crippen molar-refractivity contribution in [1.29, 1.82) is 0 Å². The van der Waals surface area contributed by atoms with Crippen LogP contribution >= 0.6 is 0 Å². The molecule has 1 saturated carbocycles. The number of anilines is 1. The molecule has 0 bridgehead atoms. The predicted molar refractivity (Wildman–Crippen MR) is 144 cm³/mol. The van der Waals surface area contributed by atoms with E-state index in [1.165, 1.54) is 6.42 Å². The number of carbonyl (C=O) groups excluding carboxylic acids is 2. The standard InChI is InChI=1S/C31H34N2O4/c1-32(22-9-5-4-6-10-22)31(35)28-26-11-7-8-12-27(26)30(34)33(23-15-19-25(37-3)20-16-23)29(28)21-13-17-24(36-2)18-14-21/h7-8,11-20,22,28-29H,4-6,9-10H2,1-3H3. The zero-order valence-corrected chi connectivity index (χ0v) is 21.7. The Kier molecular flexibility index (Phi) is 7.17. The van der Waals surface area contributed by atoms with E-state index in [4.69, 9.17) is 9.47 Å². The van der Waals surface area contributed by atoms with Gasteiger partial charge in [-0.25, -0.2) is 0 Å². The molecule has 0 saturated heterocycles. The Morgan fingerprint density at radius 3 is 2.05 bits per heavy atom. The number of likely N-dealkylation sites (N-methyl/N-ethyl adjacent to an activating group) is 1. The summed E-state index contributed by atoms with van der Waals surface area (Å²) in [6.07, 6.45) is 5.54. The Labute approximate surface area is 218 Å². The first kappa shape index (κ1) is 24.9. The van der Waals surface area contributed by atoms with Gasteiger partial charge in [0, 0.05) is 24.3 Å². The fourth-order valence-corrected chi connectivity index (χ4v) is 5.84. The molecule has 37 heavy (non-hydrogen) atoms. The number of amides is 2. The molecule has 5 rings (SSSR count). The van der Waals surface area contributed by atoms with Crippen LogP contribution in [0.25, 0.3) is 0 Å². The van der Waals surface area contributed by atoms with E-state index < -0.39 is 12.0 Å². The summed E-state index contributed by atoms with van der Waals surface area (Å²) < 4.78 is 10.7. The van der Waals surface area contributed by atoms with E-state index in [0.717, 1.165) is 48.2 Å². The molecule has 1 aliphatic carbocycles. The smallest absolute Gasteiger partial charge is 0.259 e. The first-order valence-electron chi connectivity index (χ1n) is 13.0. The largest absolute Gasteiger partial charge is 0.497 e. The average molecular weight is 499 g/mol. The van der Waals surface area contributed by atoms with Crippen LogP contribution in [0.3, 0.4) is 0 Å². The maximum Gasteiger partial charge on any atom is 0.259 e. The molecule has 6 heteroatoms. The molecular formula is C31H34N2O4. The van der Waals surface area contributed by atoms with Crippen molar-refractivity contribution in [1.82, 2.24) is 4.90 Å². The summed E-state index contributed by atoms with van der Waals surface area (Å²) in [4.78, 5) is 32.2. The molecule has 192 valence electrons. The summed E-state index contributed by atoms with van der Waals surface area (Å²) in [6, 6.07) is 22.4. The number of hydrogen-bond donors (Lipinski definition) is 0. The summed E-state index contributed by atoms with van der Waals surface area (Å²) in [5.41, 5.74) is 2.96. The third kappa shape index (κ3) is 4.68. The topological polar surface area (TPSA) is 59.1 Å². The van der Waals surface area contributed by atoms with E-state index in [1.54, 1.807) is 19.1 Å². The highest BCUT2D eigenvalue weighted by atomic mass is 16.5. The molecule has 2 atom stereocenters. The van der Waals surface area contributed by atoms with Crippen LogP contribution in [0.15, 0.2) is 72.8 Å². The lowest BCUT2D eigenvalue weighted by molar-refractivity contribution is -0.134. The van der Waals surface area contributed by atoms with Crippen LogP contribution in [0, 0.1) is 0 Å². The second-order valence-corrected chi connectivity index (χ2v) is 9.90. The molecule has 1 aliphatic heterocycles. The molecule has 3 aromatic carbocycles. The fourth-order valence-electron chi connectivity index (χ4n) is 5.84. The van der Waals surface area contributed by atoms with Gasteiger partial charge in [0.25, 0.3) is 5.91 Å². The second-order valence-electron chi connectivity index (χ2n) is 9.90. The molecule has 0 aromatic heterocycles. The van der Waals surface area contributed by atoms with E-state index in [2.05, 4.69) is 0 Å². The van der Waals surface area contributed by atoms with Crippen LogP contribution in [-0.2, 0) is 4.79 Å². The minimum atomic E-state index is -0.545. The Balaban J connectivity index is 1.67. The highest BCUT2D eigenvalue weighted by molar-refractivity contribution is 6.11. The molecule has 3 aromatic rings. The van der Waals surface area contributed by atoms with Crippen LogP contribution in [0.1, 0.15) is 65.5 Å². The molecule has 1 fully saturated rings. The van der Waals surface area contributed by atoms with Crippen LogP contribution < -0.4 is 14.4 Å². The van der Waals surface area contributed by atoms with Gasteiger partial charge in [0.2, 0.25) is 5.91 Å². The zero-order chi connectivity index (χ0) is 25.9. The number of ether oxygens (including phenoxy) is 2. The van der Waals surface area contributed by atoms with Crippen LogP contribution in [0.5, 0.6) is 11.5 Å². The average Bonchev–Trinajstić information content (AvgIpc) is 2.97. The monoisotopic (exact) mass is 498 g/mol. The molecule has 0 N–H and O–H groups in total. The molecule has 1 heterocycles. The van der Waals surface area contributed by atoms with Crippen molar-refractivity contribution < 1.29 is 19.1 Å². The summed E-state index contributed by atoms with van der Waals surface area (Å²) in [5.74, 6) is 0.817. The Morgan fingerprint density at radius 1 is 0.838 bits per heavy atom. The van der Waals surface area contributed by atoms with Gasteiger partial charge in [0.1, 0.15) is 11.5 Å². The van der Waals surface area contributed by atoms with Crippen molar-refractivity contribution >= 4 is 17.5 Å². The van der Waals surface area contributed by atoms with E-state index in [9.17, 15) is 9.59 Å². The highest BCUT2D eigenvalue weighted by Gasteiger charge is 2.46. The SMILES string of the molecule is COc1ccc(C2C(C(=O)N(C)C3CCCCC3)c3ccccc3C(=O)N2c2ccc(OC)cc2)cc1. The number of carbonyl (C=O) groups is 2. The lowest BCUT2D eigenvalue weighted by Gasteiger charge is -2.44. The van der Waals surface area contributed by atoms with Gasteiger partial charge in [-0.05, 0) is 66.4 Å². The number of hydrogen-bond acceptors (Lipinski definition) is 4. The summed E-state index contributed by atoms with van der Waals surface area (Å²) in [7, 11) is 5.18. The number of benzene rings is 3. The fraction of sp³-hybridized carbons (Fsp3) is 0.355. The van der Waals surface area contributed by atoms with Gasteiger partial charge >= 0.3 is 0 Å². The minimum absolute atomic E-state index is 0.0474. The second kappa shape index (κ2) is 10.7. The Hall–Kier alpha value is -3.80. The van der Waals surface area contributed by atoms with Gasteiger partial charge in [0.05, 0.1) is 26.2 Å². The van der Waals surface area contributed by atoms with Crippen molar-refractivity contribution in [3.63, 3.8) is 0 Å². The maximum atomic E-state index is 14.4. The van der Waals surface area contributed by atoms with Gasteiger partial charge in [-0.1, -0.05) is 49.6 Å². The number of rotatable bonds is 6. The molecule has 0 radical (unpaired) electrons. The van der Waals surface area contributed by atoms with Crippen LogP contribution in [0.4, 0.5) is 5.69 Å². The maximum absolute atomic E-state index is 14.4. The Morgan fingerprint density at radius 2 is 1.43 bits per heavy atom. The summed E-state index contributed by atoms with van der Waals surface area (Å²) in [6.45, 7) is 0. The van der Waals surface area contributed by atoms with Crippen molar-refractivity contribution in [2.75, 3.05) is 26.2 Å². The van der Waals surface area contributed by atoms with Crippen molar-refractivity contribution in [2.24, 2.45) is 0 Å². The molecule has 2 aliphatic rings. The lowest BCUT2D eigenvalue weighted by Crippen LogP contribution is -2.50. The van der Waals surface area contributed by atoms with E-state index in [-0.39, 0.29) is 17.9 Å². The number of methoxy groups -OCH3 is 2. The van der Waals surface area contributed by atoms with Crippen LogP contribution in [0.2, 0.25) is 0 Å². The number of nitrogens with zero attached hydrogens (tertiary/aromatic N) is 2. The summed E-state index contributed by atoms with van der Waals surface area (Å²) in [5, 5.41) is 0. The van der Waals surface area contributed by atoms with Crippen molar-refractivity contribution in [3.8, 4) is 11.5 Å². The third-order valence-corrected chi connectivity index (χ3v) is 7.88. The van der Waals surface area contributed by atoms with Gasteiger partial charge < -0.3 is 14.4 Å². The molecule has 2 amide bonds. The number of fused-ring (bicyclic) bond motifs is 1. The Bertz CT molecular complexity index is 1250. The van der Waals surface area contributed by atoms with Gasteiger partial charge in [-0.3, -0.25) is 14.5 Å². The van der Waals surface area contributed by atoms with E-state index in [0.29, 0.717) is 11.3 Å². The predicted octanol–water partition coefficient (Wildman–Crippen LogP) is 5.98. The normalized spacial score (nSPS) is 19.8. The van der Waals surface area contributed by atoms with Gasteiger partial charge in [-0.2, -0.15) is 0 Å². The summed E-state index contributed by atoms with van der Waals surface area (Å²) >= 11 is 0. The van der Waals surface area contributed by atoms with Crippen molar-refractivity contribution in [3.05, 3.63) is 89.5 Å². The molecule has 2 unspecified atom stereocenters. The van der Waals surface area contributed by atoms with E-state index >= 15 is 0 Å². The van der Waals surface area contributed by atoms with Gasteiger partial charge in [0.15, 0.2) is 0 Å². The van der Waals surface area contributed by atoms with Gasteiger partial charge in [-0.15, -0.1) is 0 Å². The van der Waals surface area contributed by atoms with Crippen LogP contribution in [-0.4, -0.2) is 44.0 Å². The van der Waals surface area contributed by atoms with E-state index in [1.807, 2.05) is 84.7 Å². The lowest BCUT2D eigenvalue weighted by atomic mass is 9.78. The first-order chi connectivity index (χ1) is 18.0. The first-order valence-corrected chi connectivity index (χ1v) is 13.0.